The molecule has 0 atom stereocenters. The predicted molar refractivity (Wildman–Crippen MR) is 178 cm³/mol. The van der Waals surface area contributed by atoms with Crippen molar-refractivity contribution in [3.05, 3.63) is 84.2 Å². The van der Waals surface area contributed by atoms with Crippen molar-refractivity contribution in [1.29, 1.82) is 0 Å². The SMILES string of the molecule is COc1ncc(-c2ccc3c(Nc4cc(Oc5ccc(F)c(F)c5)cc(C(=O)OC5CCC5)c4)c(S(=O)(=O)NC4CC4)cnc3c2)c(OC)n1. The van der Waals surface area contributed by atoms with Gasteiger partial charge >= 0.3 is 12.0 Å². The van der Waals surface area contributed by atoms with Crippen LogP contribution in [0.3, 0.4) is 0 Å². The van der Waals surface area contributed by atoms with E-state index < -0.39 is 27.6 Å². The number of hydrogen-bond donors (Lipinski definition) is 2. The van der Waals surface area contributed by atoms with Gasteiger partial charge in [0.25, 0.3) is 0 Å². The summed E-state index contributed by atoms with van der Waals surface area (Å²) in [6.07, 6.45) is 6.47. The number of anilines is 2. The maximum atomic E-state index is 14.0. The Morgan fingerprint density at radius 2 is 1.70 bits per heavy atom. The number of benzene rings is 3. The van der Waals surface area contributed by atoms with Gasteiger partial charge in [0, 0.05) is 41.6 Å². The topological polar surface area (TPSA) is 151 Å². The van der Waals surface area contributed by atoms with Gasteiger partial charge in [-0.1, -0.05) is 12.1 Å². The Hall–Kier alpha value is -5.41. The highest BCUT2D eigenvalue weighted by molar-refractivity contribution is 7.89. The van der Waals surface area contributed by atoms with E-state index in [9.17, 15) is 22.0 Å². The molecule has 2 saturated carbocycles. The molecule has 12 nitrogen and oxygen atoms in total. The van der Waals surface area contributed by atoms with Crippen LogP contribution in [0.25, 0.3) is 22.0 Å². The number of carbonyl (C=O) groups is 1. The fourth-order valence-corrected chi connectivity index (χ4v) is 6.76. The number of nitrogens with zero attached hydrogens (tertiary/aromatic N) is 3. The van der Waals surface area contributed by atoms with E-state index in [-0.39, 0.29) is 57.4 Å². The first-order valence-corrected chi connectivity index (χ1v) is 17.2. The third-order valence-corrected chi connectivity index (χ3v) is 9.84. The lowest BCUT2D eigenvalue weighted by Gasteiger charge is -2.25. The van der Waals surface area contributed by atoms with E-state index in [1.54, 1.807) is 24.4 Å². The molecule has 2 aliphatic carbocycles. The first-order valence-electron chi connectivity index (χ1n) is 15.8. The minimum absolute atomic E-state index is 0.0175. The summed E-state index contributed by atoms with van der Waals surface area (Å²) in [5.41, 5.74) is 2.16. The summed E-state index contributed by atoms with van der Waals surface area (Å²) < 4.78 is 79.7. The standard InChI is InChI=1S/C35H31F2N5O7S/c1-46-33-27(17-39-35(41-33)47-2)19-6-10-26-30(14-19)38-18-31(50(44,45)42-21-7-8-21)32(26)40-22-12-20(34(43)49-23-4-3-5-23)13-25(15-22)48-24-9-11-28(36)29(37)16-24/h6,9-18,21,23,42H,3-5,7-8H2,1-2H3,(H,38,40). The van der Waals surface area contributed by atoms with Gasteiger partial charge in [-0.15, -0.1) is 0 Å². The van der Waals surface area contributed by atoms with Gasteiger partial charge in [-0.3, -0.25) is 4.98 Å². The Kier molecular flexibility index (Phi) is 8.92. The van der Waals surface area contributed by atoms with E-state index in [0.717, 1.165) is 31.4 Å². The second-order valence-electron chi connectivity index (χ2n) is 11.9. The Morgan fingerprint density at radius 1 is 0.880 bits per heavy atom. The van der Waals surface area contributed by atoms with E-state index in [1.165, 1.54) is 44.7 Å². The Balaban J connectivity index is 1.33. The highest BCUT2D eigenvalue weighted by Gasteiger charge is 2.31. The van der Waals surface area contributed by atoms with Crippen molar-refractivity contribution in [3.8, 4) is 34.5 Å². The van der Waals surface area contributed by atoms with Gasteiger partial charge in [-0.25, -0.2) is 31.7 Å². The van der Waals surface area contributed by atoms with Gasteiger partial charge in [0.1, 0.15) is 22.5 Å². The number of aromatic nitrogens is 3. The lowest BCUT2D eigenvalue weighted by Crippen LogP contribution is -2.26. The molecule has 0 saturated heterocycles. The Morgan fingerprint density at radius 3 is 2.40 bits per heavy atom. The lowest BCUT2D eigenvalue weighted by atomic mass is 9.96. The molecule has 0 aliphatic heterocycles. The van der Waals surface area contributed by atoms with Crippen molar-refractivity contribution in [3.63, 3.8) is 0 Å². The van der Waals surface area contributed by atoms with E-state index in [2.05, 4.69) is 25.0 Å². The van der Waals surface area contributed by atoms with E-state index in [0.29, 0.717) is 34.9 Å². The molecule has 2 N–H and O–H groups in total. The molecule has 2 heterocycles. The zero-order valence-electron chi connectivity index (χ0n) is 26.9. The van der Waals surface area contributed by atoms with Crippen molar-refractivity contribution < 1.29 is 40.9 Å². The number of nitrogens with one attached hydrogen (secondary N) is 2. The molecule has 258 valence electrons. The number of ether oxygens (including phenoxy) is 4. The molecule has 0 bridgehead atoms. The normalized spacial score (nSPS) is 14.6. The fourth-order valence-electron chi connectivity index (χ4n) is 5.34. The second-order valence-corrected chi connectivity index (χ2v) is 13.6. The molecule has 0 radical (unpaired) electrons. The van der Waals surface area contributed by atoms with Crippen molar-refractivity contribution in [2.45, 2.75) is 49.1 Å². The quantitative estimate of drug-likeness (QED) is 0.134. The number of carbonyl (C=O) groups excluding carboxylic acids is 1. The summed E-state index contributed by atoms with van der Waals surface area (Å²) >= 11 is 0. The average Bonchev–Trinajstić information content (AvgIpc) is 3.90. The van der Waals surface area contributed by atoms with Gasteiger partial charge < -0.3 is 24.3 Å². The van der Waals surface area contributed by atoms with Crippen LogP contribution in [0.15, 0.2) is 71.9 Å². The number of pyridine rings is 1. The summed E-state index contributed by atoms with van der Waals surface area (Å²) in [4.78, 5) is 26.0. The number of sulfonamides is 1. The zero-order chi connectivity index (χ0) is 35.0. The predicted octanol–water partition coefficient (Wildman–Crippen LogP) is 6.67. The number of rotatable bonds is 12. The third kappa shape index (κ3) is 7.00. The molecule has 7 rings (SSSR count). The average molecular weight is 704 g/mol. The van der Waals surface area contributed by atoms with Crippen LogP contribution < -0.4 is 24.2 Å². The highest BCUT2D eigenvalue weighted by atomic mass is 32.2. The first-order chi connectivity index (χ1) is 24.1. The monoisotopic (exact) mass is 703 g/mol. The summed E-state index contributed by atoms with van der Waals surface area (Å²) in [6, 6.07) is 12.6. The molecule has 0 unspecified atom stereocenters. The van der Waals surface area contributed by atoms with Crippen LogP contribution in [0.5, 0.6) is 23.4 Å². The van der Waals surface area contributed by atoms with Gasteiger partial charge in [-0.2, -0.15) is 4.98 Å². The minimum Gasteiger partial charge on any atom is -0.480 e. The smallest absolute Gasteiger partial charge is 0.338 e. The van der Waals surface area contributed by atoms with E-state index >= 15 is 0 Å². The van der Waals surface area contributed by atoms with E-state index in [4.69, 9.17) is 18.9 Å². The fraction of sp³-hybridized carbons (Fsp3) is 0.257. The van der Waals surface area contributed by atoms with Gasteiger partial charge in [0.2, 0.25) is 15.9 Å². The van der Waals surface area contributed by atoms with Gasteiger partial charge in [-0.05, 0) is 68.0 Å². The summed E-state index contributed by atoms with van der Waals surface area (Å²) in [7, 11) is -1.14. The maximum absolute atomic E-state index is 14.0. The molecular formula is C35H31F2N5O7S. The van der Waals surface area contributed by atoms with Crippen molar-refractivity contribution >= 4 is 38.3 Å². The molecule has 15 heteroatoms. The minimum atomic E-state index is -4.05. The number of fused-ring (bicyclic) bond motifs is 1. The molecule has 0 amide bonds. The van der Waals surface area contributed by atoms with Gasteiger partial charge in [0.05, 0.1) is 36.6 Å². The molecule has 0 spiro atoms. The first kappa shape index (κ1) is 33.1. The molecule has 5 aromatic rings. The molecule has 50 heavy (non-hydrogen) atoms. The Bertz CT molecular complexity index is 2230. The number of methoxy groups -OCH3 is 2. The van der Waals surface area contributed by atoms with Crippen molar-refractivity contribution in [1.82, 2.24) is 19.7 Å². The van der Waals surface area contributed by atoms with Crippen molar-refractivity contribution in [2.24, 2.45) is 0 Å². The second kappa shape index (κ2) is 13.5. The van der Waals surface area contributed by atoms with Crippen LogP contribution in [0.1, 0.15) is 42.5 Å². The largest absolute Gasteiger partial charge is 0.480 e. The van der Waals surface area contributed by atoms with E-state index in [1.807, 2.05) is 0 Å². The highest BCUT2D eigenvalue weighted by Crippen LogP contribution is 2.38. The van der Waals surface area contributed by atoms with Crippen LogP contribution in [0, 0.1) is 11.6 Å². The number of esters is 1. The number of halogens is 2. The summed E-state index contributed by atoms with van der Waals surface area (Å²) in [5.74, 6) is -2.43. The van der Waals surface area contributed by atoms with Crippen molar-refractivity contribution in [2.75, 3.05) is 19.5 Å². The molecule has 2 aromatic heterocycles. The lowest BCUT2D eigenvalue weighted by molar-refractivity contribution is 0.00897. The van der Waals surface area contributed by atoms with Crippen LogP contribution in [0.4, 0.5) is 20.2 Å². The molecule has 3 aromatic carbocycles. The van der Waals surface area contributed by atoms with Gasteiger partial charge in [0.15, 0.2) is 11.6 Å². The number of hydrogen-bond acceptors (Lipinski definition) is 11. The molecule has 2 aliphatic rings. The van der Waals surface area contributed by atoms with Crippen LogP contribution in [0.2, 0.25) is 0 Å². The Labute approximate surface area is 285 Å². The summed E-state index contributed by atoms with van der Waals surface area (Å²) in [5, 5.41) is 3.62. The third-order valence-electron chi connectivity index (χ3n) is 8.31. The van der Waals surface area contributed by atoms with Crippen LogP contribution in [-0.2, 0) is 14.8 Å². The maximum Gasteiger partial charge on any atom is 0.338 e. The summed E-state index contributed by atoms with van der Waals surface area (Å²) in [6.45, 7) is 0. The van der Waals surface area contributed by atoms with Crippen LogP contribution >= 0.6 is 0 Å². The molecular weight excluding hydrogens is 672 g/mol. The zero-order valence-corrected chi connectivity index (χ0v) is 27.7. The molecule has 2 fully saturated rings. The van der Waals surface area contributed by atoms with Crippen LogP contribution in [-0.4, -0.2) is 55.7 Å².